The van der Waals surface area contributed by atoms with Crippen molar-refractivity contribution >= 4 is 0 Å². The van der Waals surface area contributed by atoms with Crippen LogP contribution in [0, 0.1) is 0 Å². The molecule has 78 valence electrons. The lowest BCUT2D eigenvalue weighted by Gasteiger charge is -1.99. The second kappa shape index (κ2) is 3.53. The maximum absolute atomic E-state index is 10.8. The van der Waals surface area contributed by atoms with Crippen LogP contribution in [0.25, 0.3) is 0 Å². The van der Waals surface area contributed by atoms with E-state index in [1.807, 2.05) is 0 Å². The molecule has 1 heterocycles. The predicted octanol–water partition coefficient (Wildman–Crippen LogP) is 0.705. The summed E-state index contributed by atoms with van der Waals surface area (Å²) < 4.78 is 0. The first-order valence-electron chi connectivity index (χ1n) is 4.43. The summed E-state index contributed by atoms with van der Waals surface area (Å²) >= 11 is 0. The van der Waals surface area contributed by atoms with Gasteiger partial charge < -0.3 is 15.2 Å². The first-order chi connectivity index (χ1) is 7.15. The van der Waals surface area contributed by atoms with E-state index in [-0.39, 0.29) is 11.6 Å². The molecule has 0 unspecified atom stereocenters. The summed E-state index contributed by atoms with van der Waals surface area (Å²) in [6.07, 6.45) is 0.408. The Morgan fingerprint density at radius 2 is 1.73 bits per heavy atom. The SMILES string of the molecule is O=c1[nH]c(O)c(Cc2ccc(O)cc2)[nH]1. The average molecular weight is 206 g/mol. The summed E-state index contributed by atoms with van der Waals surface area (Å²) in [5, 5.41) is 18.4. The maximum Gasteiger partial charge on any atom is 0.325 e. The lowest BCUT2D eigenvalue weighted by atomic mass is 10.1. The number of imidazole rings is 1. The molecule has 0 atom stereocenters. The molecule has 0 aliphatic heterocycles. The zero-order valence-electron chi connectivity index (χ0n) is 7.82. The van der Waals surface area contributed by atoms with Crippen molar-refractivity contribution in [1.29, 1.82) is 0 Å². The Balaban J connectivity index is 2.25. The summed E-state index contributed by atoms with van der Waals surface area (Å²) in [6.45, 7) is 0. The van der Waals surface area contributed by atoms with Crippen molar-refractivity contribution in [3.8, 4) is 11.6 Å². The van der Waals surface area contributed by atoms with Gasteiger partial charge >= 0.3 is 5.69 Å². The highest BCUT2D eigenvalue weighted by molar-refractivity contribution is 5.30. The minimum atomic E-state index is -0.429. The Kier molecular flexibility index (Phi) is 2.21. The van der Waals surface area contributed by atoms with Gasteiger partial charge in [-0.15, -0.1) is 0 Å². The molecule has 1 aromatic heterocycles. The number of phenols is 1. The molecular formula is C10H10N2O3. The third-order valence-corrected chi connectivity index (χ3v) is 2.10. The molecule has 0 radical (unpaired) electrons. The van der Waals surface area contributed by atoms with Crippen molar-refractivity contribution in [3.05, 3.63) is 46.0 Å². The van der Waals surface area contributed by atoms with Gasteiger partial charge in [-0.05, 0) is 17.7 Å². The highest BCUT2D eigenvalue weighted by atomic mass is 16.3. The number of nitrogens with one attached hydrogen (secondary N) is 2. The average Bonchev–Trinajstić information content (AvgIpc) is 2.49. The Morgan fingerprint density at radius 1 is 1.07 bits per heavy atom. The van der Waals surface area contributed by atoms with Crippen LogP contribution in [0.4, 0.5) is 0 Å². The van der Waals surface area contributed by atoms with Crippen LogP contribution in [-0.4, -0.2) is 20.2 Å². The van der Waals surface area contributed by atoms with Crippen LogP contribution < -0.4 is 5.69 Å². The van der Waals surface area contributed by atoms with Crippen molar-refractivity contribution in [2.45, 2.75) is 6.42 Å². The number of H-pyrrole nitrogens is 2. The molecule has 2 rings (SSSR count). The molecule has 5 nitrogen and oxygen atoms in total. The number of aromatic hydroxyl groups is 2. The fraction of sp³-hybridized carbons (Fsp3) is 0.100. The van der Waals surface area contributed by atoms with Crippen LogP contribution in [-0.2, 0) is 6.42 Å². The van der Waals surface area contributed by atoms with Gasteiger partial charge in [-0.1, -0.05) is 12.1 Å². The second-order valence-electron chi connectivity index (χ2n) is 3.25. The van der Waals surface area contributed by atoms with Crippen molar-refractivity contribution in [1.82, 2.24) is 9.97 Å². The lowest BCUT2D eigenvalue weighted by Crippen LogP contribution is -2.01. The quantitative estimate of drug-likeness (QED) is 0.583. The Labute approximate surface area is 85.0 Å². The van der Waals surface area contributed by atoms with Gasteiger partial charge in [-0.2, -0.15) is 0 Å². The summed E-state index contributed by atoms with van der Waals surface area (Å²) in [6, 6.07) is 6.55. The molecule has 0 spiro atoms. The van der Waals surface area contributed by atoms with E-state index in [4.69, 9.17) is 5.11 Å². The zero-order chi connectivity index (χ0) is 10.8. The molecule has 0 fully saturated rings. The Bertz CT molecular complexity index is 510. The van der Waals surface area contributed by atoms with Gasteiger partial charge in [0.05, 0.1) is 5.69 Å². The molecule has 0 amide bonds. The van der Waals surface area contributed by atoms with Crippen molar-refractivity contribution in [2.24, 2.45) is 0 Å². The van der Waals surface area contributed by atoms with E-state index in [9.17, 15) is 9.90 Å². The van der Waals surface area contributed by atoms with Crippen molar-refractivity contribution in [2.75, 3.05) is 0 Å². The first-order valence-corrected chi connectivity index (χ1v) is 4.43. The van der Waals surface area contributed by atoms with E-state index >= 15 is 0 Å². The van der Waals surface area contributed by atoms with Crippen LogP contribution in [0.3, 0.4) is 0 Å². The van der Waals surface area contributed by atoms with Gasteiger partial charge in [0.2, 0.25) is 5.88 Å². The molecule has 5 heteroatoms. The van der Waals surface area contributed by atoms with E-state index in [0.717, 1.165) is 5.56 Å². The van der Waals surface area contributed by atoms with Gasteiger partial charge in [0, 0.05) is 6.42 Å². The number of hydrogen-bond acceptors (Lipinski definition) is 3. The van der Waals surface area contributed by atoms with Crippen LogP contribution >= 0.6 is 0 Å². The minimum absolute atomic E-state index is 0.145. The molecule has 0 bridgehead atoms. The minimum Gasteiger partial charge on any atom is -0.508 e. The smallest absolute Gasteiger partial charge is 0.325 e. The number of aromatic nitrogens is 2. The first kappa shape index (κ1) is 9.39. The molecule has 1 aromatic carbocycles. The number of phenolic OH excluding ortho intramolecular Hbond substituents is 1. The highest BCUT2D eigenvalue weighted by Gasteiger charge is 2.05. The van der Waals surface area contributed by atoms with E-state index in [0.29, 0.717) is 12.1 Å². The molecule has 0 aliphatic rings. The molecule has 15 heavy (non-hydrogen) atoms. The van der Waals surface area contributed by atoms with Crippen molar-refractivity contribution < 1.29 is 10.2 Å². The Hall–Kier alpha value is -2.17. The van der Waals surface area contributed by atoms with Crippen LogP contribution in [0.5, 0.6) is 11.6 Å². The van der Waals surface area contributed by atoms with E-state index in [2.05, 4.69) is 9.97 Å². The molecule has 4 N–H and O–H groups in total. The van der Waals surface area contributed by atoms with Crippen molar-refractivity contribution in [3.63, 3.8) is 0 Å². The van der Waals surface area contributed by atoms with Gasteiger partial charge in [-0.25, -0.2) is 4.79 Å². The molecule has 0 aliphatic carbocycles. The molecule has 2 aromatic rings. The number of benzene rings is 1. The van der Waals surface area contributed by atoms with Crippen LogP contribution in [0.15, 0.2) is 29.1 Å². The third kappa shape index (κ3) is 2.01. The van der Waals surface area contributed by atoms with Crippen LogP contribution in [0.2, 0.25) is 0 Å². The second-order valence-corrected chi connectivity index (χ2v) is 3.25. The number of aromatic amines is 2. The Morgan fingerprint density at radius 3 is 2.27 bits per heavy atom. The van der Waals surface area contributed by atoms with Gasteiger partial charge in [-0.3, -0.25) is 4.98 Å². The summed E-state index contributed by atoms with van der Waals surface area (Å²) in [5.41, 5.74) is 0.894. The number of hydrogen-bond donors (Lipinski definition) is 4. The normalized spacial score (nSPS) is 10.4. The van der Waals surface area contributed by atoms with E-state index in [1.54, 1.807) is 24.3 Å². The van der Waals surface area contributed by atoms with E-state index < -0.39 is 5.69 Å². The molecule has 0 saturated carbocycles. The monoisotopic (exact) mass is 206 g/mol. The molecular weight excluding hydrogens is 196 g/mol. The summed E-state index contributed by atoms with van der Waals surface area (Å²) in [7, 11) is 0. The maximum atomic E-state index is 10.8. The molecule has 0 saturated heterocycles. The number of rotatable bonds is 2. The predicted molar refractivity (Wildman–Crippen MR) is 54.0 cm³/mol. The standard InChI is InChI=1S/C10H10N2O3/c13-7-3-1-6(2-4-7)5-8-9(14)12-10(15)11-8/h1-4,13-14H,5H2,(H2,11,12,15). The van der Waals surface area contributed by atoms with Crippen LogP contribution in [0.1, 0.15) is 11.3 Å². The summed E-state index contributed by atoms with van der Waals surface area (Å²) in [4.78, 5) is 15.6. The van der Waals surface area contributed by atoms with Gasteiger partial charge in [0.15, 0.2) is 0 Å². The topological polar surface area (TPSA) is 89.1 Å². The lowest BCUT2D eigenvalue weighted by molar-refractivity contribution is 0.450. The summed E-state index contributed by atoms with van der Waals surface area (Å²) in [5.74, 6) is 0.0404. The largest absolute Gasteiger partial charge is 0.508 e. The van der Waals surface area contributed by atoms with Gasteiger partial charge in [0.25, 0.3) is 0 Å². The fourth-order valence-electron chi connectivity index (χ4n) is 1.36. The fourth-order valence-corrected chi connectivity index (χ4v) is 1.36. The highest BCUT2D eigenvalue weighted by Crippen LogP contribution is 2.16. The van der Waals surface area contributed by atoms with Gasteiger partial charge in [0.1, 0.15) is 5.75 Å². The zero-order valence-corrected chi connectivity index (χ0v) is 7.82. The third-order valence-electron chi connectivity index (χ3n) is 2.10. The van der Waals surface area contributed by atoms with E-state index in [1.165, 1.54) is 0 Å².